The smallest absolute Gasteiger partial charge is 0.332 e. The average Bonchev–Trinajstić information content (AvgIpc) is 2.41. The Kier molecular flexibility index (Phi) is 4.15. The van der Waals surface area contributed by atoms with Crippen molar-refractivity contribution in [2.24, 2.45) is 0 Å². The largest absolute Gasteiger partial charge is 0.352 e. The number of benzene rings is 1. The van der Waals surface area contributed by atoms with Crippen molar-refractivity contribution in [1.29, 1.82) is 0 Å². The minimum atomic E-state index is -3.97. The van der Waals surface area contributed by atoms with Gasteiger partial charge in [-0.1, -0.05) is 17.7 Å². The molecule has 1 aromatic carbocycles. The minimum Gasteiger partial charge on any atom is -0.352 e. The fraction of sp³-hybridized carbons (Fsp3) is 0.429. The van der Waals surface area contributed by atoms with E-state index in [-0.39, 0.29) is 17.3 Å². The Bertz CT molecular complexity index is 695. The molecule has 22 heavy (non-hydrogen) atoms. The van der Waals surface area contributed by atoms with Gasteiger partial charge in [0.1, 0.15) is 5.54 Å². The van der Waals surface area contributed by atoms with Crippen molar-refractivity contribution >= 4 is 22.0 Å². The molecule has 1 saturated heterocycles. The number of carbonyl (C=O) groups is 2. The standard InChI is InChI=1S/C14H19N3O4S/c1-10-4-6-11(7-5-10)22(20,21)16-13(19)17-9-8-15-12(18)14(17,2)3/h4-7H,8-9H2,1-3H3,(H,15,18)(H,16,19). The molecule has 0 saturated carbocycles. The SMILES string of the molecule is Cc1ccc(S(=O)(=O)NC(=O)N2CCNC(=O)C2(C)C)cc1. The summed E-state index contributed by atoms with van der Waals surface area (Å²) in [5.74, 6) is -0.318. The first kappa shape index (κ1) is 16.3. The topological polar surface area (TPSA) is 95.6 Å². The molecule has 120 valence electrons. The number of piperazine rings is 1. The molecule has 8 heteroatoms. The number of aryl methyl sites for hydroxylation is 1. The van der Waals surface area contributed by atoms with Crippen LogP contribution in [0, 0.1) is 6.92 Å². The maximum Gasteiger partial charge on any atom is 0.332 e. The molecule has 0 atom stereocenters. The first-order chi connectivity index (χ1) is 10.1. The van der Waals surface area contributed by atoms with Crippen molar-refractivity contribution in [1.82, 2.24) is 14.9 Å². The Labute approximate surface area is 129 Å². The van der Waals surface area contributed by atoms with Crippen molar-refractivity contribution in [3.63, 3.8) is 0 Å². The monoisotopic (exact) mass is 325 g/mol. The summed E-state index contributed by atoms with van der Waals surface area (Å²) in [6.45, 7) is 5.51. The molecule has 0 aliphatic carbocycles. The van der Waals surface area contributed by atoms with Crippen LogP contribution in [0.25, 0.3) is 0 Å². The van der Waals surface area contributed by atoms with Crippen molar-refractivity contribution in [3.8, 4) is 0 Å². The van der Waals surface area contributed by atoms with E-state index in [1.807, 2.05) is 11.6 Å². The third-order valence-electron chi connectivity index (χ3n) is 3.65. The molecule has 1 fully saturated rings. The van der Waals surface area contributed by atoms with Crippen LogP contribution in [0.5, 0.6) is 0 Å². The van der Waals surface area contributed by atoms with Crippen LogP contribution in [0.2, 0.25) is 0 Å². The highest BCUT2D eigenvalue weighted by Gasteiger charge is 2.41. The number of nitrogens with zero attached hydrogens (tertiary/aromatic N) is 1. The molecule has 1 heterocycles. The number of rotatable bonds is 2. The number of hydrogen-bond acceptors (Lipinski definition) is 4. The number of sulfonamides is 1. The molecule has 0 bridgehead atoms. The van der Waals surface area contributed by atoms with E-state index in [4.69, 9.17) is 0 Å². The summed E-state index contributed by atoms with van der Waals surface area (Å²) in [5.41, 5.74) is -0.190. The van der Waals surface area contributed by atoms with E-state index in [0.29, 0.717) is 6.54 Å². The summed E-state index contributed by atoms with van der Waals surface area (Å²) in [6.07, 6.45) is 0. The van der Waals surface area contributed by atoms with E-state index < -0.39 is 21.6 Å². The minimum absolute atomic E-state index is 0.00529. The van der Waals surface area contributed by atoms with Crippen LogP contribution in [-0.4, -0.2) is 43.9 Å². The molecular formula is C14H19N3O4S. The van der Waals surface area contributed by atoms with E-state index in [2.05, 4.69) is 5.32 Å². The van der Waals surface area contributed by atoms with E-state index >= 15 is 0 Å². The Morgan fingerprint density at radius 1 is 1.27 bits per heavy atom. The molecule has 0 unspecified atom stereocenters. The second kappa shape index (κ2) is 5.60. The third kappa shape index (κ3) is 3.06. The van der Waals surface area contributed by atoms with Crippen LogP contribution in [0.15, 0.2) is 29.2 Å². The molecule has 7 nitrogen and oxygen atoms in total. The number of nitrogens with one attached hydrogen (secondary N) is 2. The maximum absolute atomic E-state index is 12.3. The van der Waals surface area contributed by atoms with Gasteiger partial charge in [-0.25, -0.2) is 17.9 Å². The molecule has 1 aromatic rings. The van der Waals surface area contributed by atoms with Gasteiger partial charge >= 0.3 is 6.03 Å². The summed E-state index contributed by atoms with van der Waals surface area (Å²) < 4.78 is 26.5. The lowest BCUT2D eigenvalue weighted by Crippen LogP contribution is -2.65. The van der Waals surface area contributed by atoms with Crippen molar-refractivity contribution in [3.05, 3.63) is 29.8 Å². The average molecular weight is 325 g/mol. The summed E-state index contributed by atoms with van der Waals surface area (Å²) in [7, 11) is -3.97. The van der Waals surface area contributed by atoms with Gasteiger partial charge < -0.3 is 10.2 Å². The molecule has 0 radical (unpaired) electrons. The van der Waals surface area contributed by atoms with E-state index in [9.17, 15) is 18.0 Å². The Hall–Kier alpha value is -2.09. The Balaban J connectivity index is 2.20. The molecule has 2 N–H and O–H groups in total. The van der Waals surface area contributed by atoms with Crippen LogP contribution < -0.4 is 10.0 Å². The van der Waals surface area contributed by atoms with Crippen molar-refractivity contribution in [2.45, 2.75) is 31.2 Å². The molecule has 2 rings (SSSR count). The molecular weight excluding hydrogens is 306 g/mol. The lowest BCUT2D eigenvalue weighted by molar-refractivity contribution is -0.132. The summed E-state index contributed by atoms with van der Waals surface area (Å²) >= 11 is 0. The predicted molar refractivity (Wildman–Crippen MR) is 80.7 cm³/mol. The zero-order chi connectivity index (χ0) is 16.5. The molecule has 1 aliphatic rings. The molecule has 0 spiro atoms. The lowest BCUT2D eigenvalue weighted by Gasteiger charge is -2.40. The van der Waals surface area contributed by atoms with Gasteiger partial charge in [0, 0.05) is 13.1 Å². The quantitative estimate of drug-likeness (QED) is 0.832. The zero-order valence-electron chi connectivity index (χ0n) is 12.7. The van der Waals surface area contributed by atoms with Crippen LogP contribution in [0.3, 0.4) is 0 Å². The number of amides is 3. The van der Waals surface area contributed by atoms with Gasteiger partial charge in [-0.2, -0.15) is 0 Å². The Morgan fingerprint density at radius 3 is 2.45 bits per heavy atom. The lowest BCUT2D eigenvalue weighted by atomic mass is 10.00. The normalized spacial score (nSPS) is 17.8. The van der Waals surface area contributed by atoms with Crippen LogP contribution in [0.4, 0.5) is 4.79 Å². The van der Waals surface area contributed by atoms with E-state index in [1.165, 1.54) is 17.0 Å². The first-order valence-corrected chi connectivity index (χ1v) is 8.32. The fourth-order valence-electron chi connectivity index (χ4n) is 2.20. The zero-order valence-corrected chi connectivity index (χ0v) is 13.5. The van der Waals surface area contributed by atoms with Gasteiger partial charge in [-0.05, 0) is 32.9 Å². The van der Waals surface area contributed by atoms with Gasteiger partial charge in [-0.15, -0.1) is 0 Å². The second-order valence-electron chi connectivity index (χ2n) is 5.69. The molecule has 1 aliphatic heterocycles. The fourth-order valence-corrected chi connectivity index (χ4v) is 3.15. The van der Waals surface area contributed by atoms with Crippen LogP contribution in [0.1, 0.15) is 19.4 Å². The van der Waals surface area contributed by atoms with E-state index in [0.717, 1.165) is 5.56 Å². The molecule has 3 amide bonds. The van der Waals surface area contributed by atoms with Crippen LogP contribution in [-0.2, 0) is 14.8 Å². The number of carbonyl (C=O) groups excluding carboxylic acids is 2. The van der Waals surface area contributed by atoms with Gasteiger partial charge in [0.05, 0.1) is 4.90 Å². The van der Waals surface area contributed by atoms with E-state index in [1.54, 1.807) is 26.0 Å². The van der Waals surface area contributed by atoms with Crippen molar-refractivity contribution < 1.29 is 18.0 Å². The summed E-state index contributed by atoms with van der Waals surface area (Å²) in [6, 6.07) is 5.35. The van der Waals surface area contributed by atoms with Crippen molar-refractivity contribution in [2.75, 3.05) is 13.1 Å². The summed E-state index contributed by atoms with van der Waals surface area (Å²) in [4.78, 5) is 25.3. The predicted octanol–water partition coefficient (Wildman–Crippen LogP) is 0.604. The highest BCUT2D eigenvalue weighted by atomic mass is 32.2. The highest BCUT2D eigenvalue weighted by molar-refractivity contribution is 7.90. The van der Waals surface area contributed by atoms with Gasteiger partial charge in [0.25, 0.3) is 10.0 Å². The second-order valence-corrected chi connectivity index (χ2v) is 7.37. The maximum atomic E-state index is 12.3. The molecule has 0 aromatic heterocycles. The number of hydrogen-bond donors (Lipinski definition) is 2. The van der Waals surface area contributed by atoms with Gasteiger partial charge in [0.15, 0.2) is 0 Å². The number of urea groups is 1. The first-order valence-electron chi connectivity index (χ1n) is 6.84. The van der Waals surface area contributed by atoms with Gasteiger partial charge in [0.2, 0.25) is 5.91 Å². The third-order valence-corrected chi connectivity index (χ3v) is 4.99. The van der Waals surface area contributed by atoms with Crippen LogP contribution >= 0.6 is 0 Å². The summed E-state index contributed by atoms with van der Waals surface area (Å²) in [5, 5.41) is 2.65. The highest BCUT2D eigenvalue weighted by Crippen LogP contribution is 2.18. The Morgan fingerprint density at radius 2 is 1.86 bits per heavy atom. The van der Waals surface area contributed by atoms with Gasteiger partial charge in [-0.3, -0.25) is 4.79 Å².